The summed E-state index contributed by atoms with van der Waals surface area (Å²) in [6, 6.07) is 23.2. The molecule has 4 nitrogen and oxygen atoms in total. The van der Waals surface area contributed by atoms with Crippen LogP contribution in [0.3, 0.4) is 0 Å². The molecular weight excluding hydrogens is 382 g/mol. The summed E-state index contributed by atoms with van der Waals surface area (Å²) < 4.78 is 0. The van der Waals surface area contributed by atoms with Crippen molar-refractivity contribution in [3.8, 4) is 16.9 Å². The molecule has 0 saturated heterocycles. The van der Waals surface area contributed by atoms with Crippen LogP contribution >= 0.6 is 0 Å². The molecule has 0 unspecified atom stereocenters. The molecule has 0 amide bonds. The van der Waals surface area contributed by atoms with Crippen LogP contribution in [0.5, 0.6) is 5.75 Å². The smallest absolute Gasteiger partial charge is 0.115 e. The number of azo groups is 1. The summed E-state index contributed by atoms with van der Waals surface area (Å²) in [5.41, 5.74) is 4.91. The van der Waals surface area contributed by atoms with Gasteiger partial charge in [-0.15, -0.1) is 0 Å². The number of unbranched alkanes of at least 4 members (excludes halogenated alkanes) is 6. The Bertz CT molecular complexity index is 916. The Balaban J connectivity index is 1.42. The van der Waals surface area contributed by atoms with Gasteiger partial charge in [0, 0.05) is 12.2 Å². The van der Waals surface area contributed by atoms with E-state index in [2.05, 4.69) is 34.6 Å². The van der Waals surface area contributed by atoms with E-state index in [-0.39, 0.29) is 5.75 Å². The van der Waals surface area contributed by atoms with Gasteiger partial charge < -0.3 is 10.4 Å². The number of benzene rings is 3. The Kier molecular flexibility index (Phi) is 9.11. The molecule has 0 atom stereocenters. The Morgan fingerprint density at radius 3 is 1.68 bits per heavy atom. The molecule has 0 aliphatic rings. The highest BCUT2D eigenvalue weighted by molar-refractivity contribution is 5.66. The van der Waals surface area contributed by atoms with Crippen molar-refractivity contribution in [3.05, 3.63) is 72.8 Å². The monoisotopic (exact) mass is 415 g/mol. The second kappa shape index (κ2) is 12.5. The summed E-state index contributed by atoms with van der Waals surface area (Å²) >= 11 is 0. The quantitative estimate of drug-likeness (QED) is 0.230. The zero-order valence-electron chi connectivity index (χ0n) is 18.4. The zero-order valence-corrected chi connectivity index (χ0v) is 18.4. The van der Waals surface area contributed by atoms with Crippen LogP contribution in [0.2, 0.25) is 0 Å². The number of phenolic OH excluding ortho intramolecular Hbond substituents is 1. The lowest BCUT2D eigenvalue weighted by atomic mass is 10.1. The van der Waals surface area contributed by atoms with Crippen LogP contribution in [0.4, 0.5) is 17.1 Å². The predicted octanol–water partition coefficient (Wildman–Crippen LogP) is 8.64. The highest BCUT2D eigenvalue weighted by atomic mass is 16.3. The van der Waals surface area contributed by atoms with Gasteiger partial charge in [-0.25, -0.2) is 0 Å². The second-order valence-electron chi connectivity index (χ2n) is 7.89. The van der Waals surface area contributed by atoms with E-state index in [0.717, 1.165) is 34.7 Å². The predicted molar refractivity (Wildman–Crippen MR) is 131 cm³/mol. The fourth-order valence-electron chi connectivity index (χ4n) is 3.45. The topological polar surface area (TPSA) is 57.0 Å². The van der Waals surface area contributed by atoms with Crippen molar-refractivity contribution in [1.82, 2.24) is 0 Å². The largest absolute Gasteiger partial charge is 0.508 e. The lowest BCUT2D eigenvalue weighted by Gasteiger charge is -2.06. The summed E-state index contributed by atoms with van der Waals surface area (Å²) in [4.78, 5) is 0. The maximum Gasteiger partial charge on any atom is 0.115 e. The van der Waals surface area contributed by atoms with E-state index in [4.69, 9.17) is 0 Å². The molecule has 31 heavy (non-hydrogen) atoms. The van der Waals surface area contributed by atoms with Crippen molar-refractivity contribution in [1.29, 1.82) is 0 Å². The minimum atomic E-state index is 0.271. The van der Waals surface area contributed by atoms with Crippen molar-refractivity contribution in [2.24, 2.45) is 10.2 Å². The van der Waals surface area contributed by atoms with Crippen LogP contribution in [-0.4, -0.2) is 11.7 Å². The van der Waals surface area contributed by atoms with Gasteiger partial charge in [-0.3, -0.25) is 0 Å². The number of nitrogens with zero attached hydrogens (tertiary/aromatic N) is 2. The number of rotatable bonds is 12. The minimum Gasteiger partial charge on any atom is -0.508 e. The summed E-state index contributed by atoms with van der Waals surface area (Å²) in [6.45, 7) is 3.27. The summed E-state index contributed by atoms with van der Waals surface area (Å²) in [5.74, 6) is 0.271. The van der Waals surface area contributed by atoms with Gasteiger partial charge in [0.25, 0.3) is 0 Å². The third-order valence-electron chi connectivity index (χ3n) is 5.33. The van der Waals surface area contributed by atoms with E-state index < -0.39 is 0 Å². The summed E-state index contributed by atoms with van der Waals surface area (Å²) in [5, 5.41) is 21.6. The zero-order chi connectivity index (χ0) is 21.7. The molecule has 0 saturated carbocycles. The molecule has 0 radical (unpaired) electrons. The van der Waals surface area contributed by atoms with Gasteiger partial charge >= 0.3 is 0 Å². The third kappa shape index (κ3) is 7.89. The standard InChI is InChI=1S/C27H33N3O/c1-2-3-4-5-6-7-8-21-28-24-15-17-26(18-16-24)30-29-25-13-9-22(10-14-25)23-11-19-27(31)20-12-23/h9-20,28,31H,2-8,21H2,1H3. The van der Waals surface area contributed by atoms with Gasteiger partial charge in [-0.1, -0.05) is 69.7 Å². The fourth-order valence-corrected chi connectivity index (χ4v) is 3.45. The van der Waals surface area contributed by atoms with E-state index in [9.17, 15) is 5.11 Å². The van der Waals surface area contributed by atoms with Gasteiger partial charge in [-0.2, -0.15) is 10.2 Å². The Labute approximate surface area is 186 Å². The molecule has 0 aromatic heterocycles. The number of hydrogen-bond donors (Lipinski definition) is 2. The van der Waals surface area contributed by atoms with Crippen LogP contribution < -0.4 is 5.32 Å². The number of aromatic hydroxyl groups is 1. The lowest BCUT2D eigenvalue weighted by molar-refractivity contribution is 0.475. The first kappa shape index (κ1) is 22.5. The Hall–Kier alpha value is -3.14. The average Bonchev–Trinajstić information content (AvgIpc) is 2.81. The molecule has 4 heteroatoms. The first-order valence-electron chi connectivity index (χ1n) is 11.4. The van der Waals surface area contributed by atoms with Gasteiger partial charge in [0.05, 0.1) is 11.4 Å². The minimum absolute atomic E-state index is 0.271. The van der Waals surface area contributed by atoms with E-state index >= 15 is 0 Å². The van der Waals surface area contributed by atoms with Crippen molar-refractivity contribution in [2.45, 2.75) is 51.9 Å². The molecule has 0 fully saturated rings. The van der Waals surface area contributed by atoms with Crippen LogP contribution in [0, 0.1) is 0 Å². The van der Waals surface area contributed by atoms with Crippen molar-refractivity contribution >= 4 is 17.1 Å². The number of phenols is 1. The normalized spacial score (nSPS) is 11.1. The highest BCUT2D eigenvalue weighted by Crippen LogP contribution is 2.26. The SMILES string of the molecule is CCCCCCCCCNc1ccc(N=Nc2ccc(-c3ccc(O)cc3)cc2)cc1. The number of anilines is 1. The van der Waals surface area contributed by atoms with E-state index in [1.54, 1.807) is 12.1 Å². The summed E-state index contributed by atoms with van der Waals surface area (Å²) in [7, 11) is 0. The van der Waals surface area contributed by atoms with E-state index in [1.807, 2.05) is 48.5 Å². The van der Waals surface area contributed by atoms with E-state index in [0.29, 0.717) is 0 Å². The van der Waals surface area contributed by atoms with Crippen molar-refractivity contribution in [2.75, 3.05) is 11.9 Å². The van der Waals surface area contributed by atoms with Crippen molar-refractivity contribution < 1.29 is 5.11 Å². The van der Waals surface area contributed by atoms with Gasteiger partial charge in [-0.05, 0) is 66.1 Å². The van der Waals surface area contributed by atoms with Crippen LogP contribution in [0.1, 0.15) is 51.9 Å². The molecule has 2 N–H and O–H groups in total. The molecule has 3 rings (SSSR count). The molecule has 0 aliphatic carbocycles. The first-order chi connectivity index (χ1) is 15.2. The van der Waals surface area contributed by atoms with Crippen molar-refractivity contribution in [3.63, 3.8) is 0 Å². The maximum atomic E-state index is 9.41. The van der Waals surface area contributed by atoms with Crippen LogP contribution in [-0.2, 0) is 0 Å². The Morgan fingerprint density at radius 1 is 0.613 bits per heavy atom. The molecule has 0 spiro atoms. The number of nitrogens with one attached hydrogen (secondary N) is 1. The molecule has 3 aromatic carbocycles. The molecule has 0 heterocycles. The summed E-state index contributed by atoms with van der Waals surface area (Å²) in [6.07, 6.45) is 9.28. The van der Waals surface area contributed by atoms with Gasteiger partial charge in [0.15, 0.2) is 0 Å². The second-order valence-corrected chi connectivity index (χ2v) is 7.89. The average molecular weight is 416 g/mol. The molecule has 3 aromatic rings. The van der Waals surface area contributed by atoms with Crippen LogP contribution in [0.15, 0.2) is 83.0 Å². The highest BCUT2D eigenvalue weighted by Gasteiger charge is 1.99. The molecule has 0 aliphatic heterocycles. The molecular formula is C27H33N3O. The molecule has 162 valence electrons. The number of hydrogen-bond acceptors (Lipinski definition) is 4. The fraction of sp³-hybridized carbons (Fsp3) is 0.333. The van der Waals surface area contributed by atoms with Crippen LogP contribution in [0.25, 0.3) is 11.1 Å². The maximum absolute atomic E-state index is 9.41. The van der Waals surface area contributed by atoms with Gasteiger partial charge in [0.2, 0.25) is 0 Å². The van der Waals surface area contributed by atoms with Gasteiger partial charge in [0.1, 0.15) is 5.75 Å². The third-order valence-corrected chi connectivity index (χ3v) is 5.33. The first-order valence-corrected chi connectivity index (χ1v) is 11.4. The van der Waals surface area contributed by atoms with E-state index in [1.165, 1.54) is 44.9 Å². The Morgan fingerprint density at radius 2 is 1.10 bits per heavy atom. The molecule has 0 bridgehead atoms. The lowest BCUT2D eigenvalue weighted by Crippen LogP contribution is -2.00.